The zero-order valence-electron chi connectivity index (χ0n) is 29.8. The lowest BCUT2D eigenvalue weighted by molar-refractivity contribution is -0.154. The van der Waals surface area contributed by atoms with E-state index in [4.69, 9.17) is 10.5 Å². The average molecular weight is 680 g/mol. The van der Waals surface area contributed by atoms with Crippen molar-refractivity contribution >= 4 is 11.9 Å². The molecule has 1 amide bonds. The number of aliphatic hydroxyl groups is 1. The summed E-state index contributed by atoms with van der Waals surface area (Å²) in [7, 11) is 0. The van der Waals surface area contributed by atoms with Crippen molar-refractivity contribution in [2.75, 3.05) is 19.6 Å². The molecule has 266 valence electrons. The highest BCUT2D eigenvalue weighted by molar-refractivity contribution is 5.87. The van der Waals surface area contributed by atoms with E-state index in [1.807, 2.05) is 72.8 Å². The standard InChI is InChI=1S/C41H53N5O4/c1-29(42)38(47)45-36(26-35-27-43-28-44-35)39(48)50-37(30-17-19-31(20-18-30)40(2,3)4)16-11-23-46-24-21-34(22-25-46)41(49,32-12-7-5-8-13-32)33-14-9-6-10-15-33/h5-10,12-15,17-20,27-29,34,36-37,49H,11,16,21-26,42H2,1-4H3,(H,43,44)(H,45,47). The lowest BCUT2D eigenvalue weighted by atomic mass is 9.72. The Morgan fingerprint density at radius 2 is 1.56 bits per heavy atom. The van der Waals surface area contributed by atoms with Gasteiger partial charge < -0.3 is 30.8 Å². The first-order valence-corrected chi connectivity index (χ1v) is 17.8. The van der Waals surface area contributed by atoms with Gasteiger partial charge in [0.2, 0.25) is 5.91 Å². The number of nitrogens with two attached hydrogens (primary N) is 1. The molecule has 1 aliphatic heterocycles. The monoisotopic (exact) mass is 679 g/mol. The Kier molecular flexibility index (Phi) is 12.3. The van der Waals surface area contributed by atoms with Crippen LogP contribution in [-0.2, 0) is 31.8 Å². The van der Waals surface area contributed by atoms with Crippen LogP contribution in [0.3, 0.4) is 0 Å². The summed E-state index contributed by atoms with van der Waals surface area (Å²) >= 11 is 0. The van der Waals surface area contributed by atoms with E-state index in [1.54, 1.807) is 13.1 Å². The number of rotatable bonds is 14. The van der Waals surface area contributed by atoms with Gasteiger partial charge in [-0.15, -0.1) is 0 Å². The lowest BCUT2D eigenvalue weighted by Gasteiger charge is -2.42. The molecule has 3 unspecified atom stereocenters. The zero-order chi connectivity index (χ0) is 35.7. The van der Waals surface area contributed by atoms with Crippen LogP contribution < -0.4 is 11.1 Å². The smallest absolute Gasteiger partial charge is 0.329 e. The van der Waals surface area contributed by atoms with Crippen molar-refractivity contribution in [3.63, 3.8) is 0 Å². The number of ether oxygens (including phenoxy) is 1. The largest absolute Gasteiger partial charge is 0.456 e. The first-order chi connectivity index (χ1) is 23.9. The molecule has 3 aromatic carbocycles. The van der Waals surface area contributed by atoms with Gasteiger partial charge in [-0.05, 0) is 85.8 Å². The van der Waals surface area contributed by atoms with E-state index >= 15 is 0 Å². The molecular weight excluding hydrogens is 626 g/mol. The van der Waals surface area contributed by atoms with Crippen LogP contribution in [0.15, 0.2) is 97.5 Å². The second-order valence-electron chi connectivity index (χ2n) is 14.7. The highest BCUT2D eigenvalue weighted by Crippen LogP contribution is 2.42. The van der Waals surface area contributed by atoms with E-state index in [-0.39, 0.29) is 17.8 Å². The Bertz CT molecular complexity index is 1590. The first kappa shape index (κ1) is 37.0. The number of aromatic amines is 1. The molecule has 1 aromatic heterocycles. The molecule has 2 heterocycles. The number of amides is 1. The Morgan fingerprint density at radius 3 is 2.08 bits per heavy atom. The number of nitrogens with one attached hydrogen (secondary N) is 2. The predicted molar refractivity (Wildman–Crippen MR) is 196 cm³/mol. The fourth-order valence-corrected chi connectivity index (χ4v) is 6.92. The molecule has 5 rings (SSSR count). The van der Waals surface area contributed by atoms with Gasteiger partial charge in [-0.2, -0.15) is 0 Å². The third-order valence-electron chi connectivity index (χ3n) is 9.95. The van der Waals surface area contributed by atoms with Crippen LogP contribution in [0, 0.1) is 5.92 Å². The Balaban J connectivity index is 1.26. The fourth-order valence-electron chi connectivity index (χ4n) is 6.92. The van der Waals surface area contributed by atoms with Gasteiger partial charge in [-0.3, -0.25) is 4.79 Å². The number of nitrogens with zero attached hydrogens (tertiary/aromatic N) is 2. The average Bonchev–Trinajstić information content (AvgIpc) is 3.64. The van der Waals surface area contributed by atoms with E-state index in [1.165, 1.54) is 11.9 Å². The normalized spacial score (nSPS) is 16.4. The lowest BCUT2D eigenvalue weighted by Crippen LogP contribution is -2.49. The molecule has 0 radical (unpaired) electrons. The van der Waals surface area contributed by atoms with Crippen molar-refractivity contribution in [1.82, 2.24) is 20.2 Å². The van der Waals surface area contributed by atoms with E-state index in [0.29, 0.717) is 12.1 Å². The number of piperidine rings is 1. The van der Waals surface area contributed by atoms with E-state index in [2.05, 4.69) is 53.1 Å². The van der Waals surface area contributed by atoms with Crippen LogP contribution in [0.5, 0.6) is 0 Å². The molecule has 0 saturated carbocycles. The molecule has 9 heteroatoms. The van der Waals surface area contributed by atoms with Crippen molar-refractivity contribution in [3.8, 4) is 0 Å². The van der Waals surface area contributed by atoms with Gasteiger partial charge in [-0.25, -0.2) is 9.78 Å². The topological polar surface area (TPSA) is 134 Å². The second kappa shape index (κ2) is 16.6. The maximum Gasteiger partial charge on any atom is 0.329 e. The van der Waals surface area contributed by atoms with Gasteiger partial charge >= 0.3 is 5.97 Å². The number of likely N-dealkylation sites (tertiary alicyclic amines) is 1. The summed E-state index contributed by atoms with van der Waals surface area (Å²) < 4.78 is 6.22. The SMILES string of the molecule is CC(N)C(=O)NC(Cc1cnc[nH]1)C(=O)OC(CCCN1CCC(C(O)(c2ccccc2)c2ccccc2)CC1)c1ccc(C(C)(C)C)cc1. The molecule has 1 aliphatic rings. The van der Waals surface area contributed by atoms with Gasteiger partial charge in [0.15, 0.2) is 0 Å². The minimum Gasteiger partial charge on any atom is -0.456 e. The Labute approximate surface area is 296 Å². The van der Waals surface area contributed by atoms with E-state index in [9.17, 15) is 14.7 Å². The molecule has 0 bridgehead atoms. The quantitative estimate of drug-likeness (QED) is 0.124. The molecule has 0 aliphatic carbocycles. The number of hydrogen-bond acceptors (Lipinski definition) is 7. The highest BCUT2D eigenvalue weighted by Gasteiger charge is 2.41. The molecular formula is C41H53N5O4. The van der Waals surface area contributed by atoms with Crippen molar-refractivity contribution in [2.24, 2.45) is 11.7 Å². The van der Waals surface area contributed by atoms with Gasteiger partial charge in [0, 0.05) is 18.3 Å². The van der Waals surface area contributed by atoms with Crippen LogP contribution in [-0.4, -0.2) is 63.6 Å². The summed E-state index contributed by atoms with van der Waals surface area (Å²) in [6, 6.07) is 26.6. The molecule has 0 spiro atoms. The number of benzene rings is 3. The minimum atomic E-state index is -1.06. The summed E-state index contributed by atoms with van der Waals surface area (Å²) in [5, 5.41) is 15.1. The Hall–Kier alpha value is -4.31. The van der Waals surface area contributed by atoms with Crippen LogP contribution >= 0.6 is 0 Å². The van der Waals surface area contributed by atoms with Crippen molar-refractivity contribution < 1.29 is 19.4 Å². The third kappa shape index (κ3) is 9.27. The van der Waals surface area contributed by atoms with Crippen LogP contribution in [0.4, 0.5) is 0 Å². The number of H-pyrrole nitrogens is 1. The van der Waals surface area contributed by atoms with Gasteiger partial charge in [0.05, 0.1) is 12.4 Å². The van der Waals surface area contributed by atoms with Crippen molar-refractivity contribution in [3.05, 3.63) is 125 Å². The van der Waals surface area contributed by atoms with Crippen molar-refractivity contribution in [1.29, 1.82) is 0 Å². The molecule has 4 aromatic rings. The second-order valence-corrected chi connectivity index (χ2v) is 14.7. The number of esters is 1. The van der Waals surface area contributed by atoms with Crippen LogP contribution in [0.2, 0.25) is 0 Å². The number of imidazole rings is 1. The summed E-state index contributed by atoms with van der Waals surface area (Å²) in [5.74, 6) is -0.857. The number of hydrogen-bond donors (Lipinski definition) is 4. The summed E-state index contributed by atoms with van der Waals surface area (Å²) in [6.07, 6.45) is 6.04. The maximum absolute atomic E-state index is 13.7. The highest BCUT2D eigenvalue weighted by atomic mass is 16.5. The number of carbonyl (C=O) groups is 2. The van der Waals surface area contributed by atoms with E-state index < -0.39 is 35.7 Å². The predicted octanol–water partition coefficient (Wildman–Crippen LogP) is 5.79. The summed E-state index contributed by atoms with van der Waals surface area (Å²) in [5.41, 5.74) is 9.42. The van der Waals surface area contributed by atoms with Gasteiger partial charge in [0.25, 0.3) is 0 Å². The van der Waals surface area contributed by atoms with E-state index in [0.717, 1.165) is 55.6 Å². The fraction of sp³-hybridized carbons (Fsp3) is 0.439. The number of aromatic nitrogens is 2. The first-order valence-electron chi connectivity index (χ1n) is 17.8. The zero-order valence-corrected chi connectivity index (χ0v) is 29.8. The van der Waals surface area contributed by atoms with Crippen LogP contribution in [0.1, 0.15) is 87.4 Å². The molecule has 1 saturated heterocycles. The Morgan fingerprint density at radius 1 is 0.960 bits per heavy atom. The van der Waals surface area contributed by atoms with Gasteiger partial charge in [-0.1, -0.05) is 106 Å². The van der Waals surface area contributed by atoms with Gasteiger partial charge in [0.1, 0.15) is 17.7 Å². The van der Waals surface area contributed by atoms with Crippen LogP contribution in [0.25, 0.3) is 0 Å². The molecule has 1 fully saturated rings. The summed E-state index contributed by atoms with van der Waals surface area (Å²) in [6.45, 7) is 10.7. The van der Waals surface area contributed by atoms with Crippen molar-refractivity contribution in [2.45, 2.75) is 89.0 Å². The minimum absolute atomic E-state index is 0.0115. The molecule has 50 heavy (non-hydrogen) atoms. The summed E-state index contributed by atoms with van der Waals surface area (Å²) in [4.78, 5) is 35.8. The maximum atomic E-state index is 13.7. The number of carbonyl (C=O) groups excluding carboxylic acids is 2. The molecule has 9 nitrogen and oxygen atoms in total. The molecule has 3 atom stereocenters. The third-order valence-corrected chi connectivity index (χ3v) is 9.95. The molecule has 5 N–H and O–H groups in total.